The average Bonchev–Trinajstić information content (AvgIpc) is 2.69. The van der Waals surface area contributed by atoms with E-state index in [2.05, 4.69) is 15.5 Å². The SMILES string of the molecule is COc1ccc(NC(=O)N2CCN(C(=O)CC3CCCCC3)CC2)nn1. The van der Waals surface area contributed by atoms with E-state index in [9.17, 15) is 9.59 Å². The fraction of sp³-hybridized carbons (Fsp3) is 0.667. The first-order valence-electron chi connectivity index (χ1n) is 9.37. The molecule has 2 heterocycles. The predicted molar refractivity (Wildman–Crippen MR) is 96.9 cm³/mol. The number of hydrogen-bond acceptors (Lipinski definition) is 5. The standard InChI is InChI=1S/C18H27N5O3/c1-26-16-8-7-15(20-21-16)19-18(25)23-11-9-22(10-12-23)17(24)13-14-5-3-2-4-6-14/h7-8,14H,2-6,9-13H2,1H3,(H,19,20,25). The molecule has 1 saturated carbocycles. The van der Waals surface area contributed by atoms with Crippen LogP contribution in [0.15, 0.2) is 12.1 Å². The summed E-state index contributed by atoms with van der Waals surface area (Å²) in [5, 5.41) is 10.4. The molecule has 26 heavy (non-hydrogen) atoms. The van der Waals surface area contributed by atoms with E-state index in [0.29, 0.717) is 50.2 Å². The molecule has 0 radical (unpaired) electrons. The Morgan fingerprint density at radius 3 is 2.38 bits per heavy atom. The van der Waals surface area contributed by atoms with Crippen LogP contribution in [0.5, 0.6) is 5.88 Å². The fourth-order valence-electron chi connectivity index (χ4n) is 3.61. The topological polar surface area (TPSA) is 87.7 Å². The van der Waals surface area contributed by atoms with Crippen LogP contribution < -0.4 is 10.1 Å². The van der Waals surface area contributed by atoms with Crippen LogP contribution in [0.2, 0.25) is 0 Å². The Kier molecular flexibility index (Phi) is 6.25. The molecule has 2 fully saturated rings. The largest absolute Gasteiger partial charge is 0.480 e. The quantitative estimate of drug-likeness (QED) is 0.888. The van der Waals surface area contributed by atoms with Crippen LogP contribution in [0, 0.1) is 5.92 Å². The number of carbonyl (C=O) groups is 2. The fourth-order valence-corrected chi connectivity index (χ4v) is 3.61. The Morgan fingerprint density at radius 1 is 1.08 bits per heavy atom. The van der Waals surface area contributed by atoms with Gasteiger partial charge in [-0.3, -0.25) is 10.1 Å². The molecule has 1 aliphatic heterocycles. The number of anilines is 1. The molecule has 0 atom stereocenters. The van der Waals surface area contributed by atoms with Crippen LogP contribution >= 0.6 is 0 Å². The number of aromatic nitrogens is 2. The van der Waals surface area contributed by atoms with Crippen LogP contribution in [0.3, 0.4) is 0 Å². The average molecular weight is 361 g/mol. The third-order valence-electron chi connectivity index (χ3n) is 5.19. The van der Waals surface area contributed by atoms with Gasteiger partial charge in [0.2, 0.25) is 11.8 Å². The Hall–Kier alpha value is -2.38. The third-order valence-corrected chi connectivity index (χ3v) is 5.19. The maximum Gasteiger partial charge on any atom is 0.323 e. The van der Waals surface area contributed by atoms with Crippen LogP contribution in [-0.2, 0) is 4.79 Å². The summed E-state index contributed by atoms with van der Waals surface area (Å²) in [4.78, 5) is 28.4. The van der Waals surface area contributed by atoms with Gasteiger partial charge in [0.05, 0.1) is 7.11 Å². The Bertz CT molecular complexity index is 608. The molecule has 0 unspecified atom stereocenters. The van der Waals surface area contributed by atoms with Crippen molar-refractivity contribution < 1.29 is 14.3 Å². The Morgan fingerprint density at radius 2 is 1.77 bits per heavy atom. The summed E-state index contributed by atoms with van der Waals surface area (Å²) in [5.74, 6) is 1.56. The molecule has 1 N–H and O–H groups in total. The van der Waals surface area contributed by atoms with E-state index in [1.54, 1.807) is 17.0 Å². The number of nitrogens with zero attached hydrogens (tertiary/aromatic N) is 4. The van der Waals surface area contributed by atoms with E-state index >= 15 is 0 Å². The normalized spacial score (nSPS) is 18.5. The molecule has 1 aromatic heterocycles. The molecule has 0 spiro atoms. The van der Waals surface area contributed by atoms with Gasteiger partial charge in [0.1, 0.15) is 0 Å². The first kappa shape index (κ1) is 18.4. The predicted octanol–water partition coefficient (Wildman–Crippen LogP) is 2.13. The summed E-state index contributed by atoms with van der Waals surface area (Å²) in [6.45, 7) is 2.25. The summed E-state index contributed by atoms with van der Waals surface area (Å²) in [5.41, 5.74) is 0. The van der Waals surface area contributed by atoms with Gasteiger partial charge in [-0.05, 0) is 24.8 Å². The van der Waals surface area contributed by atoms with E-state index in [-0.39, 0.29) is 11.9 Å². The van der Waals surface area contributed by atoms with Crippen LogP contribution in [0.25, 0.3) is 0 Å². The molecule has 8 nitrogen and oxygen atoms in total. The van der Waals surface area contributed by atoms with Crippen molar-refractivity contribution in [2.75, 3.05) is 38.6 Å². The van der Waals surface area contributed by atoms with E-state index in [4.69, 9.17) is 4.74 Å². The van der Waals surface area contributed by atoms with Crippen molar-refractivity contribution in [2.24, 2.45) is 5.92 Å². The summed E-state index contributed by atoms with van der Waals surface area (Å²) in [6, 6.07) is 3.07. The van der Waals surface area contributed by atoms with Crippen molar-refractivity contribution in [3.63, 3.8) is 0 Å². The van der Waals surface area contributed by atoms with Gasteiger partial charge in [-0.15, -0.1) is 10.2 Å². The Balaban J connectivity index is 1.43. The summed E-state index contributed by atoms with van der Waals surface area (Å²) >= 11 is 0. The third kappa shape index (κ3) is 4.83. The van der Waals surface area contributed by atoms with Crippen molar-refractivity contribution in [3.05, 3.63) is 12.1 Å². The molecule has 2 aliphatic rings. The lowest BCUT2D eigenvalue weighted by Gasteiger charge is -2.35. The molecule has 8 heteroatoms. The lowest BCUT2D eigenvalue weighted by Crippen LogP contribution is -2.52. The summed E-state index contributed by atoms with van der Waals surface area (Å²) < 4.78 is 4.94. The van der Waals surface area contributed by atoms with Gasteiger partial charge < -0.3 is 14.5 Å². The zero-order valence-electron chi connectivity index (χ0n) is 15.3. The number of nitrogens with one attached hydrogen (secondary N) is 1. The highest BCUT2D eigenvalue weighted by molar-refractivity contribution is 5.88. The van der Waals surface area contributed by atoms with E-state index in [1.165, 1.54) is 39.2 Å². The molecular weight excluding hydrogens is 334 g/mol. The van der Waals surface area contributed by atoms with Crippen LogP contribution in [0.1, 0.15) is 38.5 Å². The number of amides is 3. The van der Waals surface area contributed by atoms with E-state index in [1.807, 2.05) is 4.90 Å². The lowest BCUT2D eigenvalue weighted by atomic mass is 9.86. The van der Waals surface area contributed by atoms with E-state index < -0.39 is 0 Å². The number of ether oxygens (including phenoxy) is 1. The highest BCUT2D eigenvalue weighted by Crippen LogP contribution is 2.27. The Labute approximate surface area is 153 Å². The first-order valence-corrected chi connectivity index (χ1v) is 9.37. The van der Waals surface area contributed by atoms with Gasteiger partial charge in [-0.1, -0.05) is 19.3 Å². The number of urea groups is 1. The summed E-state index contributed by atoms with van der Waals surface area (Å²) in [7, 11) is 1.51. The van der Waals surface area contributed by atoms with Crippen molar-refractivity contribution in [1.82, 2.24) is 20.0 Å². The number of piperazine rings is 1. The molecule has 142 valence electrons. The van der Waals surface area contributed by atoms with Gasteiger partial charge in [0.25, 0.3) is 0 Å². The van der Waals surface area contributed by atoms with Gasteiger partial charge >= 0.3 is 6.03 Å². The smallest absolute Gasteiger partial charge is 0.323 e. The highest BCUT2D eigenvalue weighted by atomic mass is 16.5. The number of rotatable bonds is 4. The molecule has 3 rings (SSSR count). The van der Waals surface area contributed by atoms with Gasteiger partial charge in [-0.25, -0.2) is 4.79 Å². The molecule has 1 aromatic rings. The van der Waals surface area contributed by atoms with Gasteiger partial charge in [0, 0.05) is 38.7 Å². The van der Waals surface area contributed by atoms with Crippen molar-refractivity contribution >= 4 is 17.8 Å². The zero-order valence-corrected chi connectivity index (χ0v) is 15.3. The van der Waals surface area contributed by atoms with Crippen molar-refractivity contribution in [2.45, 2.75) is 38.5 Å². The molecule has 0 aromatic carbocycles. The molecule has 0 bridgehead atoms. The van der Waals surface area contributed by atoms with Gasteiger partial charge in [-0.2, -0.15) is 0 Å². The highest BCUT2D eigenvalue weighted by Gasteiger charge is 2.26. The number of carbonyl (C=O) groups excluding carboxylic acids is 2. The zero-order chi connectivity index (χ0) is 18.4. The maximum atomic E-state index is 12.5. The number of methoxy groups -OCH3 is 1. The van der Waals surface area contributed by atoms with Crippen LogP contribution in [-0.4, -0.2) is 65.2 Å². The summed E-state index contributed by atoms with van der Waals surface area (Å²) in [6.07, 6.45) is 6.82. The van der Waals surface area contributed by atoms with E-state index in [0.717, 1.165) is 0 Å². The molecular formula is C18H27N5O3. The second-order valence-corrected chi connectivity index (χ2v) is 6.97. The van der Waals surface area contributed by atoms with Crippen molar-refractivity contribution in [3.8, 4) is 5.88 Å². The second-order valence-electron chi connectivity index (χ2n) is 6.97. The minimum Gasteiger partial charge on any atom is -0.480 e. The maximum absolute atomic E-state index is 12.5. The molecule has 3 amide bonds. The van der Waals surface area contributed by atoms with Crippen LogP contribution in [0.4, 0.5) is 10.6 Å². The molecule has 1 saturated heterocycles. The van der Waals surface area contributed by atoms with Gasteiger partial charge in [0.15, 0.2) is 5.82 Å². The minimum atomic E-state index is -0.219. The minimum absolute atomic E-state index is 0.219. The second kappa shape index (κ2) is 8.82. The number of hydrogen-bond donors (Lipinski definition) is 1. The molecule has 1 aliphatic carbocycles. The monoisotopic (exact) mass is 361 g/mol. The van der Waals surface area contributed by atoms with Crippen molar-refractivity contribution in [1.29, 1.82) is 0 Å². The lowest BCUT2D eigenvalue weighted by molar-refractivity contribution is -0.133. The first-order chi connectivity index (χ1) is 12.7.